The van der Waals surface area contributed by atoms with Crippen LogP contribution in [0.4, 0.5) is 0 Å². The normalized spacial score (nSPS) is 14.6. The van der Waals surface area contributed by atoms with E-state index in [1.165, 1.54) is 16.7 Å². The average Bonchev–Trinajstić information content (AvgIpc) is 3.82. The zero-order valence-electron chi connectivity index (χ0n) is 30.1. The fraction of sp³-hybridized carbons (Fsp3) is 0.0392. The van der Waals surface area contributed by atoms with Crippen LogP contribution in [0.5, 0.6) is 0 Å². The lowest BCUT2D eigenvalue weighted by atomic mass is 9.90. The second-order valence-corrected chi connectivity index (χ2v) is 14.4. The summed E-state index contributed by atoms with van der Waals surface area (Å²) >= 11 is 0. The molecule has 1 atom stereocenters. The predicted octanol–water partition coefficient (Wildman–Crippen LogP) is 13.5. The van der Waals surface area contributed by atoms with E-state index in [-0.39, 0.29) is 6.04 Å². The number of amidine groups is 1. The lowest BCUT2D eigenvalue weighted by molar-refractivity contribution is 0.669. The van der Waals surface area contributed by atoms with E-state index in [1.54, 1.807) is 0 Å². The number of hydrogen-bond donors (Lipinski definition) is 1. The van der Waals surface area contributed by atoms with Gasteiger partial charge in [0.25, 0.3) is 0 Å². The molecule has 260 valence electrons. The Hall–Kier alpha value is -7.17. The van der Waals surface area contributed by atoms with Gasteiger partial charge in [0.05, 0.1) is 11.7 Å². The van der Waals surface area contributed by atoms with Crippen LogP contribution in [0.3, 0.4) is 0 Å². The first-order chi connectivity index (χ1) is 27.2. The fourth-order valence-electron chi connectivity index (χ4n) is 8.44. The largest absolute Gasteiger partial charge is 0.456 e. The summed E-state index contributed by atoms with van der Waals surface area (Å²) in [6, 6.07) is 61.7. The van der Waals surface area contributed by atoms with Crippen LogP contribution in [-0.2, 0) is 0 Å². The van der Waals surface area contributed by atoms with Gasteiger partial charge in [-0.3, -0.25) is 0 Å². The maximum atomic E-state index is 6.71. The molecule has 1 aliphatic heterocycles. The Morgan fingerprint density at radius 3 is 1.91 bits per heavy atom. The van der Waals surface area contributed by atoms with E-state index >= 15 is 0 Å². The molecule has 8 aromatic carbocycles. The Morgan fingerprint density at radius 2 is 1.11 bits per heavy atom. The number of aliphatic imine (C=N–C) groups is 1. The van der Waals surface area contributed by atoms with Crippen LogP contribution in [0, 0.1) is 0 Å². The van der Waals surface area contributed by atoms with Gasteiger partial charge < -0.3 is 14.2 Å². The molecule has 0 spiro atoms. The van der Waals surface area contributed by atoms with Crippen molar-refractivity contribution < 1.29 is 8.83 Å². The van der Waals surface area contributed by atoms with Gasteiger partial charge in [-0.15, -0.1) is 0 Å². The first kappa shape index (κ1) is 31.4. The van der Waals surface area contributed by atoms with Crippen molar-refractivity contribution in [2.45, 2.75) is 13.0 Å². The highest BCUT2D eigenvalue weighted by Crippen LogP contribution is 2.44. The molecule has 4 heteroatoms. The molecule has 0 saturated heterocycles. The Labute approximate surface area is 317 Å². The molecule has 55 heavy (non-hydrogen) atoms. The number of furan rings is 2. The third-order valence-corrected chi connectivity index (χ3v) is 11.2. The monoisotopic (exact) mass is 706 g/mol. The number of nitrogens with zero attached hydrogens (tertiary/aromatic N) is 1. The molecular formula is C51H34N2O2. The van der Waals surface area contributed by atoms with E-state index in [1.807, 2.05) is 18.2 Å². The molecular weight excluding hydrogens is 673 g/mol. The molecule has 0 amide bonds. The van der Waals surface area contributed by atoms with E-state index < -0.39 is 0 Å². The van der Waals surface area contributed by atoms with Crippen LogP contribution in [0.15, 0.2) is 195 Å². The van der Waals surface area contributed by atoms with Crippen molar-refractivity contribution in [1.29, 1.82) is 0 Å². The molecule has 0 aliphatic carbocycles. The van der Waals surface area contributed by atoms with Crippen molar-refractivity contribution in [3.05, 3.63) is 198 Å². The van der Waals surface area contributed by atoms with Crippen molar-refractivity contribution in [2.24, 2.45) is 4.99 Å². The molecule has 4 nitrogen and oxygen atoms in total. The number of fused-ring (bicyclic) bond motifs is 8. The van der Waals surface area contributed by atoms with Gasteiger partial charge in [0, 0.05) is 38.1 Å². The Kier molecular flexibility index (Phi) is 7.11. The van der Waals surface area contributed by atoms with Crippen LogP contribution < -0.4 is 5.32 Å². The Balaban J connectivity index is 1.07. The smallest absolute Gasteiger partial charge is 0.143 e. The molecule has 0 radical (unpaired) electrons. The first-order valence-electron chi connectivity index (χ1n) is 18.7. The van der Waals surface area contributed by atoms with Gasteiger partial charge in [-0.05, 0) is 76.0 Å². The minimum Gasteiger partial charge on any atom is -0.456 e. The quantitative estimate of drug-likeness (QED) is 0.194. The molecule has 0 bridgehead atoms. The summed E-state index contributed by atoms with van der Waals surface area (Å²) in [4.78, 5) is 5.36. The summed E-state index contributed by atoms with van der Waals surface area (Å²) in [5.41, 5.74) is 13.5. The SMILES string of the molecule is CC1=C(c2cccc3oc4cc(-c5cc6c7ccccc7oc6c6ccccc56)ccc4c23)N=C(c2ccccc2)NC1c1ccc(-c2ccccc2)cc1. The maximum absolute atomic E-state index is 6.71. The van der Waals surface area contributed by atoms with Gasteiger partial charge in [-0.2, -0.15) is 0 Å². The maximum Gasteiger partial charge on any atom is 0.143 e. The van der Waals surface area contributed by atoms with Gasteiger partial charge in [0.15, 0.2) is 0 Å². The molecule has 1 N–H and O–H groups in total. The molecule has 1 aliphatic rings. The third-order valence-electron chi connectivity index (χ3n) is 11.2. The lowest BCUT2D eigenvalue weighted by Gasteiger charge is -2.29. The highest BCUT2D eigenvalue weighted by atomic mass is 16.3. The molecule has 10 aromatic rings. The third kappa shape index (κ3) is 5.10. The minimum atomic E-state index is -0.0743. The summed E-state index contributed by atoms with van der Waals surface area (Å²) in [6.07, 6.45) is 0. The second-order valence-electron chi connectivity index (χ2n) is 14.4. The summed E-state index contributed by atoms with van der Waals surface area (Å²) < 4.78 is 13.1. The second kappa shape index (κ2) is 12.5. The van der Waals surface area contributed by atoms with E-state index in [4.69, 9.17) is 13.8 Å². The molecule has 1 unspecified atom stereocenters. The number of hydrogen-bond acceptors (Lipinski definition) is 4. The van der Waals surface area contributed by atoms with Crippen molar-refractivity contribution in [3.8, 4) is 22.3 Å². The van der Waals surface area contributed by atoms with E-state index in [0.717, 1.165) is 94.0 Å². The summed E-state index contributed by atoms with van der Waals surface area (Å²) in [6.45, 7) is 2.20. The standard InChI is InChI=1S/C51H34N2O2/c1-31-48(34-25-23-33(24-26-34)32-13-4-2-5-14-32)52-51(35-15-6-3-7-16-35)53-49(31)41-20-12-22-45-47(41)40-28-27-36(29-46(40)54-45)42-30-43-38-18-10-11-21-44(38)55-50(43)39-19-9-8-17-37(39)42/h2-30,48H,1H3,(H,52,53). The van der Waals surface area contributed by atoms with Gasteiger partial charge in [-0.25, -0.2) is 4.99 Å². The number of para-hydroxylation sites is 1. The Bertz CT molecular complexity index is 3170. The van der Waals surface area contributed by atoms with Crippen molar-refractivity contribution >= 4 is 66.2 Å². The molecule has 3 heterocycles. The highest BCUT2D eigenvalue weighted by Gasteiger charge is 2.27. The molecule has 11 rings (SSSR count). The van der Waals surface area contributed by atoms with Gasteiger partial charge in [0.2, 0.25) is 0 Å². The van der Waals surface area contributed by atoms with Crippen LogP contribution in [0.25, 0.3) is 82.6 Å². The van der Waals surface area contributed by atoms with Crippen molar-refractivity contribution in [2.75, 3.05) is 0 Å². The zero-order chi connectivity index (χ0) is 36.5. The van der Waals surface area contributed by atoms with E-state index in [2.05, 4.69) is 170 Å². The van der Waals surface area contributed by atoms with E-state index in [9.17, 15) is 0 Å². The van der Waals surface area contributed by atoms with Crippen LogP contribution in [0.2, 0.25) is 0 Å². The van der Waals surface area contributed by atoms with Crippen LogP contribution >= 0.6 is 0 Å². The topological polar surface area (TPSA) is 50.7 Å². The lowest BCUT2D eigenvalue weighted by Crippen LogP contribution is -2.33. The van der Waals surface area contributed by atoms with Gasteiger partial charge in [-0.1, -0.05) is 146 Å². The van der Waals surface area contributed by atoms with Crippen LogP contribution in [-0.4, -0.2) is 5.84 Å². The van der Waals surface area contributed by atoms with Crippen molar-refractivity contribution in [3.63, 3.8) is 0 Å². The fourth-order valence-corrected chi connectivity index (χ4v) is 8.44. The van der Waals surface area contributed by atoms with Crippen LogP contribution in [0.1, 0.15) is 29.7 Å². The van der Waals surface area contributed by atoms with Crippen molar-refractivity contribution in [1.82, 2.24) is 5.32 Å². The molecule has 0 saturated carbocycles. The summed E-state index contributed by atoms with van der Waals surface area (Å²) in [5.74, 6) is 0.847. The minimum absolute atomic E-state index is 0.0743. The predicted molar refractivity (Wildman–Crippen MR) is 227 cm³/mol. The number of nitrogens with one attached hydrogen (secondary N) is 1. The van der Waals surface area contributed by atoms with Gasteiger partial charge >= 0.3 is 0 Å². The summed E-state index contributed by atoms with van der Waals surface area (Å²) in [7, 11) is 0. The van der Waals surface area contributed by atoms with E-state index in [0.29, 0.717) is 0 Å². The number of rotatable bonds is 5. The Morgan fingerprint density at radius 1 is 0.455 bits per heavy atom. The molecule has 0 fully saturated rings. The summed E-state index contributed by atoms with van der Waals surface area (Å²) in [5, 5.41) is 10.4. The first-order valence-corrected chi connectivity index (χ1v) is 18.7. The molecule has 2 aromatic heterocycles. The number of benzene rings is 8. The van der Waals surface area contributed by atoms with Gasteiger partial charge in [0.1, 0.15) is 28.2 Å². The highest BCUT2D eigenvalue weighted by molar-refractivity contribution is 6.20. The average molecular weight is 707 g/mol. The zero-order valence-corrected chi connectivity index (χ0v) is 30.1.